The van der Waals surface area contributed by atoms with E-state index >= 15 is 0 Å². The summed E-state index contributed by atoms with van der Waals surface area (Å²) in [5.74, 6) is 0. The van der Waals surface area contributed by atoms with Gasteiger partial charge < -0.3 is 5.73 Å². The van der Waals surface area contributed by atoms with Crippen molar-refractivity contribution in [3.8, 4) is 0 Å². The van der Waals surface area contributed by atoms with Gasteiger partial charge >= 0.3 is 0 Å². The van der Waals surface area contributed by atoms with E-state index in [2.05, 4.69) is 32.3 Å². The van der Waals surface area contributed by atoms with E-state index in [1.807, 2.05) is 36.9 Å². The number of pyridine rings is 1. The van der Waals surface area contributed by atoms with E-state index in [4.69, 9.17) is 5.73 Å². The van der Waals surface area contributed by atoms with Gasteiger partial charge in [-0.15, -0.1) is 11.8 Å². The van der Waals surface area contributed by atoms with Crippen LogP contribution in [0.2, 0.25) is 0 Å². The summed E-state index contributed by atoms with van der Waals surface area (Å²) < 4.78 is 2.59. The molecule has 0 aliphatic heterocycles. The van der Waals surface area contributed by atoms with Gasteiger partial charge in [-0.05, 0) is 12.3 Å². The second-order valence-corrected chi connectivity index (χ2v) is 5.42. The first-order chi connectivity index (χ1) is 8.45. The SMILES string of the molecule is CC.CSc1nn2cccc([N+](C)(C)C)c2c1N. The Morgan fingerprint density at radius 1 is 1.28 bits per heavy atom. The van der Waals surface area contributed by atoms with Gasteiger partial charge in [0.15, 0.2) is 11.2 Å². The van der Waals surface area contributed by atoms with Crippen molar-refractivity contribution in [2.24, 2.45) is 0 Å². The van der Waals surface area contributed by atoms with Crippen molar-refractivity contribution >= 4 is 28.7 Å². The molecule has 0 bridgehead atoms. The van der Waals surface area contributed by atoms with Gasteiger partial charge in [-0.2, -0.15) is 5.10 Å². The summed E-state index contributed by atoms with van der Waals surface area (Å²) >= 11 is 1.58. The van der Waals surface area contributed by atoms with Crippen LogP contribution in [0.5, 0.6) is 0 Å². The number of nitrogens with two attached hydrogens (primary N) is 1. The number of anilines is 1. The van der Waals surface area contributed by atoms with Crippen molar-refractivity contribution < 1.29 is 0 Å². The number of thioether (sulfide) groups is 1. The van der Waals surface area contributed by atoms with Crippen LogP contribution >= 0.6 is 11.8 Å². The average molecular weight is 267 g/mol. The number of fused-ring (bicyclic) bond motifs is 1. The molecular weight excluding hydrogens is 244 g/mol. The van der Waals surface area contributed by atoms with Crippen molar-refractivity contribution in [2.75, 3.05) is 33.1 Å². The van der Waals surface area contributed by atoms with Crippen LogP contribution in [0, 0.1) is 0 Å². The lowest BCUT2D eigenvalue weighted by Crippen LogP contribution is -2.35. The smallest absolute Gasteiger partial charge is 0.160 e. The lowest BCUT2D eigenvalue weighted by molar-refractivity contribution is 0.488. The molecule has 5 heteroatoms. The Hall–Kier alpha value is -1.20. The number of nitrogen functional groups attached to an aromatic ring is 1. The standard InChI is InChI=1S/C11H17N4S.C2H6/c1-15(2,3)8-6-5-7-14-10(8)9(12)11(13-14)16-4;1-2/h5-7H,12H2,1-4H3;1-2H3/q+1;. The fourth-order valence-corrected chi connectivity index (χ4v) is 2.26. The number of nitrogens with zero attached hydrogens (tertiary/aromatic N) is 3. The Balaban J connectivity index is 0.000000771. The topological polar surface area (TPSA) is 43.3 Å². The molecule has 0 aromatic carbocycles. The highest BCUT2D eigenvalue weighted by Gasteiger charge is 2.21. The number of hydrogen-bond acceptors (Lipinski definition) is 3. The fourth-order valence-electron chi connectivity index (χ4n) is 1.78. The lowest BCUT2D eigenvalue weighted by Gasteiger charge is -2.24. The van der Waals surface area contributed by atoms with Gasteiger partial charge in [-0.3, -0.25) is 4.48 Å². The summed E-state index contributed by atoms with van der Waals surface area (Å²) in [7, 11) is 6.38. The third-order valence-corrected chi connectivity index (χ3v) is 3.24. The molecule has 100 valence electrons. The van der Waals surface area contributed by atoms with Crippen LogP contribution in [0.1, 0.15) is 13.8 Å². The highest BCUT2D eigenvalue weighted by molar-refractivity contribution is 7.98. The van der Waals surface area contributed by atoms with Gasteiger partial charge in [0.25, 0.3) is 0 Å². The molecule has 0 saturated heterocycles. The minimum Gasteiger partial charge on any atom is -0.395 e. The maximum atomic E-state index is 6.13. The molecule has 0 amide bonds. The van der Waals surface area contributed by atoms with Gasteiger partial charge in [0.2, 0.25) is 0 Å². The van der Waals surface area contributed by atoms with E-state index in [1.54, 1.807) is 11.8 Å². The number of quaternary nitrogens is 1. The molecule has 0 unspecified atom stereocenters. The molecular formula is C13H23N4S+. The van der Waals surface area contributed by atoms with Crippen LogP contribution < -0.4 is 10.2 Å². The third kappa shape index (κ3) is 2.62. The monoisotopic (exact) mass is 267 g/mol. The van der Waals surface area contributed by atoms with E-state index < -0.39 is 0 Å². The Kier molecular flexibility index (Phi) is 4.65. The van der Waals surface area contributed by atoms with E-state index in [9.17, 15) is 0 Å². The summed E-state index contributed by atoms with van der Waals surface area (Å²) in [6.07, 6.45) is 3.92. The molecule has 18 heavy (non-hydrogen) atoms. The van der Waals surface area contributed by atoms with Crippen LogP contribution in [-0.2, 0) is 0 Å². The van der Waals surface area contributed by atoms with E-state index in [0.29, 0.717) is 0 Å². The summed E-state index contributed by atoms with van der Waals surface area (Å²) in [5.41, 5.74) is 9.09. The lowest BCUT2D eigenvalue weighted by atomic mass is 10.2. The second-order valence-electron chi connectivity index (χ2n) is 4.62. The Labute approximate surface area is 113 Å². The van der Waals surface area contributed by atoms with Crippen LogP contribution in [0.15, 0.2) is 23.4 Å². The molecule has 0 atom stereocenters. The molecule has 4 nitrogen and oxygen atoms in total. The van der Waals surface area contributed by atoms with Gasteiger partial charge in [-0.25, -0.2) is 4.52 Å². The van der Waals surface area contributed by atoms with Crippen LogP contribution in [0.4, 0.5) is 11.4 Å². The van der Waals surface area contributed by atoms with E-state index in [-0.39, 0.29) is 0 Å². The first-order valence-electron chi connectivity index (χ1n) is 6.08. The molecule has 0 saturated carbocycles. The van der Waals surface area contributed by atoms with Crippen LogP contribution in [0.25, 0.3) is 5.52 Å². The number of hydrogen-bond donors (Lipinski definition) is 1. The summed E-state index contributed by atoms with van der Waals surface area (Å²) in [5, 5.41) is 5.34. The van der Waals surface area contributed by atoms with Crippen molar-refractivity contribution in [3.05, 3.63) is 18.3 Å². The zero-order valence-electron chi connectivity index (χ0n) is 12.1. The van der Waals surface area contributed by atoms with Crippen molar-refractivity contribution in [3.63, 3.8) is 0 Å². The van der Waals surface area contributed by atoms with Crippen LogP contribution in [-0.4, -0.2) is 37.0 Å². The summed E-state index contributed by atoms with van der Waals surface area (Å²) in [6.45, 7) is 4.00. The first kappa shape index (κ1) is 14.9. The predicted octanol–water partition coefficient (Wildman–Crippen LogP) is 2.86. The second kappa shape index (κ2) is 5.63. The molecule has 0 fully saturated rings. The molecule has 2 aromatic heterocycles. The summed E-state index contributed by atoms with van der Waals surface area (Å²) in [6, 6.07) is 4.10. The molecule has 0 aliphatic carbocycles. The summed E-state index contributed by atoms with van der Waals surface area (Å²) in [4.78, 5) is 0. The zero-order chi connectivity index (χ0) is 13.9. The minimum absolute atomic E-state index is 0.730. The van der Waals surface area contributed by atoms with Crippen molar-refractivity contribution in [1.82, 2.24) is 14.1 Å². The third-order valence-electron chi connectivity index (χ3n) is 2.55. The van der Waals surface area contributed by atoms with Gasteiger partial charge in [0.1, 0.15) is 5.03 Å². The predicted molar refractivity (Wildman–Crippen MR) is 82.3 cm³/mol. The molecule has 0 spiro atoms. The molecule has 2 aromatic rings. The zero-order valence-corrected chi connectivity index (χ0v) is 12.9. The van der Waals surface area contributed by atoms with Gasteiger partial charge in [0.05, 0.1) is 26.8 Å². The molecule has 0 radical (unpaired) electrons. The fraction of sp³-hybridized carbons (Fsp3) is 0.462. The van der Waals surface area contributed by atoms with Crippen molar-refractivity contribution in [1.29, 1.82) is 0 Å². The Morgan fingerprint density at radius 3 is 2.39 bits per heavy atom. The highest BCUT2D eigenvalue weighted by atomic mass is 32.2. The first-order valence-corrected chi connectivity index (χ1v) is 7.30. The maximum Gasteiger partial charge on any atom is 0.160 e. The van der Waals surface area contributed by atoms with Crippen LogP contribution in [0.3, 0.4) is 0 Å². The highest BCUT2D eigenvalue weighted by Crippen LogP contribution is 2.33. The minimum atomic E-state index is 0.730. The van der Waals surface area contributed by atoms with E-state index in [1.165, 1.54) is 5.69 Å². The molecule has 2 heterocycles. The Bertz CT molecular complexity index is 526. The van der Waals surface area contributed by atoms with Gasteiger partial charge in [0, 0.05) is 12.3 Å². The van der Waals surface area contributed by atoms with E-state index in [0.717, 1.165) is 20.7 Å². The normalized spacial score (nSPS) is 11.2. The largest absolute Gasteiger partial charge is 0.395 e. The number of rotatable bonds is 2. The molecule has 2 N–H and O–H groups in total. The van der Waals surface area contributed by atoms with Crippen molar-refractivity contribution in [2.45, 2.75) is 18.9 Å². The molecule has 2 rings (SSSR count). The molecule has 0 aliphatic rings. The maximum absolute atomic E-state index is 6.13. The average Bonchev–Trinajstić information content (AvgIpc) is 2.67. The quantitative estimate of drug-likeness (QED) is 0.672. The number of aromatic nitrogens is 2. The Morgan fingerprint density at radius 2 is 1.89 bits per heavy atom. The van der Waals surface area contributed by atoms with Gasteiger partial charge in [-0.1, -0.05) is 13.8 Å².